The summed E-state index contributed by atoms with van der Waals surface area (Å²) in [5.74, 6) is 0.490. The lowest BCUT2D eigenvalue weighted by Crippen LogP contribution is -2.43. The van der Waals surface area contributed by atoms with E-state index in [-0.39, 0.29) is 25.3 Å². The third-order valence-electron chi connectivity index (χ3n) is 4.78. The zero-order valence-corrected chi connectivity index (χ0v) is 16.3. The molecule has 2 aliphatic rings. The fourth-order valence-corrected chi connectivity index (χ4v) is 3.66. The number of oxazole rings is 1. The third kappa shape index (κ3) is 3.44. The molecule has 5 heterocycles. The number of pyridine rings is 1. The molecule has 10 nitrogen and oxygen atoms in total. The van der Waals surface area contributed by atoms with Gasteiger partial charge in [0.25, 0.3) is 0 Å². The molecule has 0 aliphatic carbocycles. The molecule has 3 aromatic rings. The van der Waals surface area contributed by atoms with Crippen LogP contribution in [0.15, 0.2) is 28.9 Å². The summed E-state index contributed by atoms with van der Waals surface area (Å²) < 4.78 is 26.3. The van der Waals surface area contributed by atoms with E-state index >= 15 is 0 Å². The van der Waals surface area contributed by atoms with Crippen molar-refractivity contribution < 1.29 is 18.5 Å². The Morgan fingerprint density at radius 2 is 2.17 bits per heavy atom. The van der Waals surface area contributed by atoms with E-state index in [1.807, 2.05) is 6.92 Å². The number of halogens is 1. The van der Waals surface area contributed by atoms with Gasteiger partial charge in [0.15, 0.2) is 0 Å². The van der Waals surface area contributed by atoms with Gasteiger partial charge in [-0.3, -0.25) is 9.47 Å². The van der Waals surface area contributed by atoms with Gasteiger partial charge in [0.05, 0.1) is 25.0 Å². The van der Waals surface area contributed by atoms with E-state index in [0.29, 0.717) is 37.8 Å². The van der Waals surface area contributed by atoms with Gasteiger partial charge in [-0.05, 0) is 24.0 Å². The average Bonchev–Trinajstić information content (AvgIpc) is 3.33. The van der Waals surface area contributed by atoms with E-state index in [9.17, 15) is 14.5 Å². The summed E-state index contributed by atoms with van der Waals surface area (Å²) in [5, 5.41) is 10.8. The van der Waals surface area contributed by atoms with Crippen molar-refractivity contribution in [2.24, 2.45) is 0 Å². The van der Waals surface area contributed by atoms with Crippen LogP contribution in [0.1, 0.15) is 18.4 Å². The van der Waals surface area contributed by atoms with Crippen molar-refractivity contribution in [1.29, 1.82) is 0 Å². The van der Waals surface area contributed by atoms with Crippen LogP contribution in [0.2, 0.25) is 0 Å². The molecule has 12 heteroatoms. The molecule has 1 atom stereocenters. The highest BCUT2D eigenvalue weighted by molar-refractivity contribution is 7.59. The van der Waals surface area contributed by atoms with Gasteiger partial charge in [0.2, 0.25) is 5.89 Å². The topological polar surface area (TPSA) is 112 Å². The Morgan fingerprint density at radius 1 is 1.34 bits per heavy atom. The molecule has 0 saturated carbocycles. The Kier molecular flexibility index (Phi) is 4.54. The van der Waals surface area contributed by atoms with Crippen molar-refractivity contribution in [2.45, 2.75) is 32.2 Å². The highest BCUT2D eigenvalue weighted by atomic mass is 32.1. The highest BCUT2D eigenvalue weighted by Crippen LogP contribution is 2.34. The Bertz CT molecular complexity index is 1040. The number of fused-ring (bicyclic) bond motifs is 2. The maximum Gasteiger partial charge on any atom is 0.415 e. The first-order valence-corrected chi connectivity index (χ1v) is 8.62. The monoisotopic (exact) mass is 420 g/mol. The lowest BCUT2D eigenvalue weighted by molar-refractivity contribution is -0.389. The number of hydrogen-bond donors (Lipinski definition) is 0. The fourth-order valence-electron chi connectivity index (χ4n) is 3.66. The molecular weight excluding hydrogens is 403 g/mol. The van der Waals surface area contributed by atoms with Gasteiger partial charge in [-0.2, -0.15) is 13.5 Å². The van der Waals surface area contributed by atoms with Crippen molar-refractivity contribution in [3.05, 3.63) is 51.9 Å². The molecule has 3 aromatic heterocycles. The summed E-state index contributed by atoms with van der Waals surface area (Å²) >= 11 is 0. The Hall–Kier alpha value is -2.99. The fraction of sp³-hybridized carbons (Fsp3) is 0.353. The van der Waals surface area contributed by atoms with Crippen LogP contribution in [0, 0.1) is 15.9 Å². The minimum absolute atomic E-state index is 0. The first-order chi connectivity index (χ1) is 13.4. The minimum Gasteiger partial charge on any atom is -0.438 e. The van der Waals surface area contributed by atoms with Crippen LogP contribution in [-0.4, -0.2) is 41.5 Å². The zero-order valence-electron chi connectivity index (χ0n) is 15.3. The molecular formula is C17H17FN6O4S. The maximum atomic E-state index is 13.0. The first kappa shape index (κ1) is 19.3. The van der Waals surface area contributed by atoms with E-state index in [1.54, 1.807) is 4.57 Å². The molecule has 0 unspecified atom stereocenters. The molecule has 5 rings (SSSR count). The molecule has 0 spiro atoms. The number of nitro groups is 1. The van der Waals surface area contributed by atoms with Gasteiger partial charge in [-0.15, -0.1) is 0 Å². The van der Waals surface area contributed by atoms with Crippen LogP contribution >= 0.6 is 13.5 Å². The van der Waals surface area contributed by atoms with E-state index in [2.05, 4.69) is 19.9 Å². The van der Waals surface area contributed by atoms with E-state index < -0.39 is 16.3 Å². The van der Waals surface area contributed by atoms with Crippen molar-refractivity contribution in [3.63, 3.8) is 0 Å². The molecule has 0 bridgehead atoms. The summed E-state index contributed by atoms with van der Waals surface area (Å²) in [6, 6.07) is 3.10. The van der Waals surface area contributed by atoms with Crippen molar-refractivity contribution in [1.82, 2.24) is 24.4 Å². The average molecular weight is 420 g/mol. The molecule has 152 valence electrons. The summed E-state index contributed by atoms with van der Waals surface area (Å²) in [6.07, 6.45) is 2.51. The van der Waals surface area contributed by atoms with Crippen LogP contribution in [0.3, 0.4) is 0 Å². The highest BCUT2D eigenvalue weighted by Gasteiger charge is 2.42. The Labute approximate surface area is 170 Å². The van der Waals surface area contributed by atoms with Crippen LogP contribution < -0.4 is 4.74 Å². The van der Waals surface area contributed by atoms with E-state index in [1.165, 1.54) is 18.3 Å². The summed E-state index contributed by atoms with van der Waals surface area (Å²) in [4.78, 5) is 24.8. The smallest absolute Gasteiger partial charge is 0.415 e. The van der Waals surface area contributed by atoms with Crippen LogP contribution in [0.5, 0.6) is 6.01 Å². The quantitative estimate of drug-likeness (QED) is 0.467. The summed E-state index contributed by atoms with van der Waals surface area (Å²) in [6.45, 7) is 4.14. The van der Waals surface area contributed by atoms with Crippen LogP contribution in [-0.2, 0) is 19.6 Å². The Balaban J connectivity index is 0.00000205. The lowest BCUT2D eigenvalue weighted by atomic mass is 10.1. The molecule has 0 N–H and O–H groups in total. The van der Waals surface area contributed by atoms with Gasteiger partial charge in [-0.25, -0.2) is 14.4 Å². The van der Waals surface area contributed by atoms with E-state index in [0.717, 1.165) is 17.7 Å². The minimum atomic E-state index is -0.553. The van der Waals surface area contributed by atoms with Gasteiger partial charge in [-0.1, -0.05) is 0 Å². The van der Waals surface area contributed by atoms with Gasteiger partial charge < -0.3 is 19.3 Å². The van der Waals surface area contributed by atoms with Crippen LogP contribution in [0.25, 0.3) is 11.6 Å². The number of ether oxygens (including phenoxy) is 1. The number of hydrogen-bond acceptors (Lipinski definition) is 8. The van der Waals surface area contributed by atoms with Crippen molar-refractivity contribution in [3.8, 4) is 17.6 Å². The maximum absolute atomic E-state index is 13.0. The number of aromatic nitrogens is 4. The predicted molar refractivity (Wildman–Crippen MR) is 102 cm³/mol. The SMILES string of the molecule is C[C@]1(CN2Cc3nc(-c4ccc(F)cn4)oc3C2)Cn2cc([N+](=O)[O-])nc2O1.S. The van der Waals surface area contributed by atoms with Gasteiger partial charge in [0, 0.05) is 18.1 Å². The standard InChI is InChI=1S/C17H15FN6O4.H2S/c1-17(9-23-7-14(24(25)26)21-16(23)28-17)8-22-5-12-13(6-22)27-15(20-12)11-3-2-10(18)4-19-11;/h2-4,7H,5-6,8-9H2,1H3;1H2/t17-;/m0./s1. The zero-order chi connectivity index (χ0) is 19.5. The second-order valence-electron chi connectivity index (χ2n) is 7.21. The summed E-state index contributed by atoms with van der Waals surface area (Å²) in [7, 11) is 0. The number of imidazole rings is 1. The summed E-state index contributed by atoms with van der Waals surface area (Å²) in [5.41, 5.74) is 0.749. The number of rotatable bonds is 4. The van der Waals surface area contributed by atoms with Crippen LogP contribution in [0.4, 0.5) is 10.2 Å². The molecule has 0 saturated heterocycles. The third-order valence-corrected chi connectivity index (χ3v) is 4.78. The van der Waals surface area contributed by atoms with Crippen molar-refractivity contribution in [2.75, 3.05) is 6.54 Å². The molecule has 29 heavy (non-hydrogen) atoms. The molecule has 2 aliphatic heterocycles. The first-order valence-electron chi connectivity index (χ1n) is 8.62. The predicted octanol–water partition coefficient (Wildman–Crippen LogP) is 2.26. The molecule has 0 fully saturated rings. The lowest BCUT2D eigenvalue weighted by Gasteiger charge is -2.27. The number of nitrogens with zero attached hydrogens (tertiary/aromatic N) is 6. The van der Waals surface area contributed by atoms with Crippen molar-refractivity contribution >= 4 is 19.3 Å². The van der Waals surface area contributed by atoms with Gasteiger partial charge >= 0.3 is 11.8 Å². The second kappa shape index (κ2) is 6.81. The second-order valence-corrected chi connectivity index (χ2v) is 7.21. The molecule has 0 radical (unpaired) electrons. The van der Waals surface area contributed by atoms with Gasteiger partial charge in [0.1, 0.15) is 29.1 Å². The van der Waals surface area contributed by atoms with E-state index in [4.69, 9.17) is 9.15 Å². The molecule has 0 amide bonds. The largest absolute Gasteiger partial charge is 0.438 e. The Morgan fingerprint density at radius 3 is 2.83 bits per heavy atom. The molecule has 0 aromatic carbocycles. The normalized spacial score (nSPS) is 20.1.